The molecule has 0 atom stereocenters. The van der Waals surface area contributed by atoms with Crippen LogP contribution in [0, 0.1) is 0 Å². The molecule has 2 rings (SSSR count). The van der Waals surface area contributed by atoms with Crippen molar-refractivity contribution in [2.75, 3.05) is 6.54 Å². The molecule has 0 fully saturated rings. The van der Waals surface area contributed by atoms with E-state index in [0.29, 0.717) is 13.0 Å². The SMILES string of the molecule is NCCCCC(=O)c1ccc2cccnc2c1. The number of fused-ring (bicyclic) bond motifs is 1. The molecule has 0 aliphatic rings. The molecule has 0 radical (unpaired) electrons. The molecule has 1 aromatic carbocycles. The first-order valence-electron chi connectivity index (χ1n) is 5.89. The second-order valence-electron chi connectivity index (χ2n) is 4.08. The minimum absolute atomic E-state index is 0.172. The van der Waals surface area contributed by atoms with E-state index in [9.17, 15) is 4.79 Å². The van der Waals surface area contributed by atoms with E-state index in [-0.39, 0.29) is 5.78 Å². The van der Waals surface area contributed by atoms with Crippen LogP contribution in [0.25, 0.3) is 10.9 Å². The summed E-state index contributed by atoms with van der Waals surface area (Å²) >= 11 is 0. The summed E-state index contributed by atoms with van der Waals surface area (Å²) in [5.74, 6) is 0.172. The predicted molar refractivity (Wildman–Crippen MR) is 69.0 cm³/mol. The maximum atomic E-state index is 11.9. The Morgan fingerprint density at radius 2 is 2.12 bits per heavy atom. The summed E-state index contributed by atoms with van der Waals surface area (Å²) in [6.45, 7) is 0.645. The molecule has 0 unspecified atom stereocenters. The van der Waals surface area contributed by atoms with Gasteiger partial charge < -0.3 is 5.73 Å². The lowest BCUT2D eigenvalue weighted by Gasteiger charge is -2.02. The lowest BCUT2D eigenvalue weighted by molar-refractivity contribution is 0.0979. The van der Waals surface area contributed by atoms with E-state index in [1.807, 2.05) is 30.3 Å². The highest BCUT2D eigenvalue weighted by Crippen LogP contribution is 2.15. The van der Waals surface area contributed by atoms with Gasteiger partial charge in [0.25, 0.3) is 0 Å². The molecule has 2 N–H and O–H groups in total. The van der Waals surface area contributed by atoms with Crippen LogP contribution in [-0.2, 0) is 0 Å². The molecule has 3 nitrogen and oxygen atoms in total. The van der Waals surface area contributed by atoms with E-state index in [0.717, 1.165) is 29.3 Å². The molecule has 0 bridgehead atoms. The Hall–Kier alpha value is -1.74. The molecule has 1 heterocycles. The topological polar surface area (TPSA) is 56.0 Å². The first-order valence-corrected chi connectivity index (χ1v) is 5.89. The number of carbonyl (C=O) groups is 1. The fourth-order valence-electron chi connectivity index (χ4n) is 1.81. The summed E-state index contributed by atoms with van der Waals surface area (Å²) in [4.78, 5) is 16.1. The molecule has 0 amide bonds. The normalized spacial score (nSPS) is 10.6. The van der Waals surface area contributed by atoms with Crippen LogP contribution < -0.4 is 5.73 Å². The van der Waals surface area contributed by atoms with Gasteiger partial charge in [-0.3, -0.25) is 9.78 Å². The van der Waals surface area contributed by atoms with Crippen molar-refractivity contribution in [1.29, 1.82) is 0 Å². The zero-order valence-electron chi connectivity index (χ0n) is 9.73. The molecule has 2 aromatic rings. The van der Waals surface area contributed by atoms with Crippen molar-refractivity contribution in [3.05, 3.63) is 42.1 Å². The highest BCUT2D eigenvalue weighted by atomic mass is 16.1. The molecule has 0 aliphatic carbocycles. The highest BCUT2D eigenvalue weighted by Gasteiger charge is 2.06. The quantitative estimate of drug-likeness (QED) is 0.632. The number of hydrogen-bond acceptors (Lipinski definition) is 3. The summed E-state index contributed by atoms with van der Waals surface area (Å²) in [5, 5.41) is 1.06. The number of rotatable bonds is 5. The van der Waals surface area contributed by atoms with Gasteiger partial charge in [-0.05, 0) is 31.5 Å². The Morgan fingerprint density at radius 1 is 1.24 bits per heavy atom. The van der Waals surface area contributed by atoms with Crippen molar-refractivity contribution in [3.63, 3.8) is 0 Å². The molecule has 3 heteroatoms. The number of carbonyl (C=O) groups excluding carboxylic acids is 1. The molecule has 0 saturated heterocycles. The van der Waals surface area contributed by atoms with Crippen LogP contribution in [0.1, 0.15) is 29.6 Å². The van der Waals surface area contributed by atoms with Crippen LogP contribution in [0.2, 0.25) is 0 Å². The third-order valence-electron chi connectivity index (χ3n) is 2.79. The second kappa shape index (κ2) is 5.55. The van der Waals surface area contributed by atoms with Crippen LogP contribution in [0.4, 0.5) is 0 Å². The van der Waals surface area contributed by atoms with Gasteiger partial charge in [0.05, 0.1) is 5.52 Å². The zero-order valence-corrected chi connectivity index (χ0v) is 9.73. The average molecular weight is 228 g/mol. The maximum Gasteiger partial charge on any atom is 0.162 e. The molecular weight excluding hydrogens is 212 g/mol. The van der Waals surface area contributed by atoms with Gasteiger partial charge in [-0.15, -0.1) is 0 Å². The van der Waals surface area contributed by atoms with Crippen molar-refractivity contribution >= 4 is 16.7 Å². The Kier molecular flexibility index (Phi) is 3.83. The van der Waals surface area contributed by atoms with Crippen LogP contribution in [0.5, 0.6) is 0 Å². The summed E-state index contributed by atoms with van der Waals surface area (Å²) in [7, 11) is 0. The molecule has 17 heavy (non-hydrogen) atoms. The standard InChI is InChI=1S/C14H16N2O/c15-8-2-1-5-14(17)12-7-6-11-4-3-9-16-13(11)10-12/h3-4,6-7,9-10H,1-2,5,8,15H2. The van der Waals surface area contributed by atoms with Crippen LogP contribution in [0.15, 0.2) is 36.5 Å². The van der Waals surface area contributed by atoms with Gasteiger partial charge in [0.15, 0.2) is 5.78 Å². The average Bonchev–Trinajstić information content (AvgIpc) is 2.38. The van der Waals surface area contributed by atoms with Crippen molar-refractivity contribution in [1.82, 2.24) is 4.98 Å². The fourth-order valence-corrected chi connectivity index (χ4v) is 1.81. The minimum Gasteiger partial charge on any atom is -0.330 e. The van der Waals surface area contributed by atoms with Crippen LogP contribution in [0.3, 0.4) is 0 Å². The van der Waals surface area contributed by atoms with Gasteiger partial charge in [0.2, 0.25) is 0 Å². The predicted octanol–water partition coefficient (Wildman–Crippen LogP) is 2.55. The number of nitrogens with two attached hydrogens (primary N) is 1. The Balaban J connectivity index is 2.15. The van der Waals surface area contributed by atoms with Crippen molar-refractivity contribution in [2.24, 2.45) is 5.73 Å². The van der Waals surface area contributed by atoms with Crippen LogP contribution >= 0.6 is 0 Å². The second-order valence-corrected chi connectivity index (χ2v) is 4.08. The molecule has 0 saturated carbocycles. The number of nitrogens with zero attached hydrogens (tertiary/aromatic N) is 1. The van der Waals surface area contributed by atoms with Gasteiger partial charge in [-0.25, -0.2) is 0 Å². The lowest BCUT2D eigenvalue weighted by Crippen LogP contribution is -2.02. The smallest absolute Gasteiger partial charge is 0.162 e. The highest BCUT2D eigenvalue weighted by molar-refractivity contribution is 5.99. The van der Waals surface area contributed by atoms with Gasteiger partial charge in [0.1, 0.15) is 0 Å². The largest absolute Gasteiger partial charge is 0.330 e. The zero-order chi connectivity index (χ0) is 12.1. The van der Waals surface area contributed by atoms with Crippen molar-refractivity contribution in [2.45, 2.75) is 19.3 Å². The first kappa shape index (κ1) is 11.7. The minimum atomic E-state index is 0.172. The van der Waals surface area contributed by atoms with E-state index >= 15 is 0 Å². The number of aromatic nitrogens is 1. The summed E-state index contributed by atoms with van der Waals surface area (Å²) in [5.41, 5.74) is 7.02. The maximum absolute atomic E-state index is 11.9. The third kappa shape index (κ3) is 2.88. The Labute approximate surface area is 101 Å². The third-order valence-corrected chi connectivity index (χ3v) is 2.79. The molecule has 0 spiro atoms. The van der Waals surface area contributed by atoms with E-state index in [4.69, 9.17) is 5.73 Å². The van der Waals surface area contributed by atoms with E-state index in [1.165, 1.54) is 0 Å². The first-order chi connectivity index (χ1) is 8.31. The van der Waals surface area contributed by atoms with Gasteiger partial charge in [-0.2, -0.15) is 0 Å². The molecule has 1 aromatic heterocycles. The molecular formula is C14H16N2O. The monoisotopic (exact) mass is 228 g/mol. The molecule has 88 valence electrons. The van der Waals surface area contributed by atoms with E-state index in [2.05, 4.69) is 4.98 Å². The van der Waals surface area contributed by atoms with Crippen molar-refractivity contribution < 1.29 is 4.79 Å². The number of benzene rings is 1. The Bertz CT molecular complexity index is 522. The van der Waals surface area contributed by atoms with E-state index in [1.54, 1.807) is 6.20 Å². The van der Waals surface area contributed by atoms with Gasteiger partial charge >= 0.3 is 0 Å². The number of pyridine rings is 1. The summed E-state index contributed by atoms with van der Waals surface area (Å²) in [6.07, 6.45) is 4.06. The number of hydrogen-bond donors (Lipinski definition) is 1. The lowest BCUT2D eigenvalue weighted by atomic mass is 10.0. The van der Waals surface area contributed by atoms with Gasteiger partial charge in [0, 0.05) is 23.6 Å². The number of Topliss-reactive ketones (excluding diaryl/α,β-unsaturated/α-hetero) is 1. The molecule has 0 aliphatic heterocycles. The fraction of sp³-hybridized carbons (Fsp3) is 0.286. The summed E-state index contributed by atoms with van der Waals surface area (Å²) < 4.78 is 0. The van der Waals surface area contributed by atoms with Gasteiger partial charge in [-0.1, -0.05) is 18.2 Å². The summed E-state index contributed by atoms with van der Waals surface area (Å²) in [6, 6.07) is 9.56. The van der Waals surface area contributed by atoms with E-state index < -0.39 is 0 Å². The van der Waals surface area contributed by atoms with Crippen molar-refractivity contribution in [3.8, 4) is 0 Å². The Morgan fingerprint density at radius 3 is 2.94 bits per heavy atom. The number of unbranched alkanes of at least 4 members (excludes halogenated alkanes) is 1. The number of ketones is 1. The van der Waals surface area contributed by atoms with Crippen LogP contribution in [-0.4, -0.2) is 17.3 Å².